The summed E-state index contributed by atoms with van der Waals surface area (Å²) in [4.78, 5) is 12.5. The fraction of sp³-hybridized carbons (Fsp3) is 0.0556. The Kier molecular flexibility index (Phi) is 6.68. The second-order valence-corrected chi connectivity index (χ2v) is 5.96. The largest absolute Gasteiger partial charge is 0.493 e. The number of carbonyl (C=O) groups excluding carboxylic acids is 1. The number of aromatic hydroxyl groups is 1. The number of halogens is 8. The van der Waals surface area contributed by atoms with Crippen molar-refractivity contribution < 1.29 is 62.1 Å². The third kappa shape index (κ3) is 3.49. The van der Waals surface area contributed by atoms with Crippen molar-refractivity contribution in [3.05, 3.63) is 75.0 Å². The Morgan fingerprint density at radius 1 is 0.938 bits per heavy atom. The molecule has 0 saturated heterocycles. The van der Waals surface area contributed by atoms with Gasteiger partial charge in [-0.1, -0.05) is 0 Å². The minimum Gasteiger partial charge on any atom is -0.493 e. The monoisotopic (exact) mass is 510 g/mol. The maximum Gasteiger partial charge on any atom is 0.226 e. The summed E-state index contributed by atoms with van der Waals surface area (Å²) in [7, 11) is 0. The maximum atomic E-state index is 14.2. The summed E-state index contributed by atoms with van der Waals surface area (Å²) in [6.07, 6.45) is 0. The molecule has 0 amide bonds. The molecule has 1 radical (unpaired) electrons. The second kappa shape index (κ2) is 8.60. The van der Waals surface area contributed by atoms with Gasteiger partial charge in [0.25, 0.3) is 0 Å². The Hall–Kier alpha value is -3.43. The Balaban J connectivity index is 0.00000363. The van der Waals surface area contributed by atoms with Gasteiger partial charge in [0.05, 0.1) is 11.3 Å². The molecule has 2 aromatic carbocycles. The van der Waals surface area contributed by atoms with E-state index in [9.17, 15) is 45.0 Å². The molecule has 0 atom stereocenters. The molecule has 32 heavy (non-hydrogen) atoms. The molecule has 3 rings (SSSR count). The molecule has 0 unspecified atom stereocenters. The van der Waals surface area contributed by atoms with E-state index in [1.165, 1.54) is 0 Å². The molecular formula is C18H5CuF8N3O2. The zero-order chi connectivity index (χ0) is 23.4. The molecule has 0 bridgehead atoms. The van der Waals surface area contributed by atoms with Crippen molar-refractivity contribution in [1.82, 2.24) is 9.78 Å². The van der Waals surface area contributed by atoms with Crippen molar-refractivity contribution in [2.75, 3.05) is 0 Å². The number of hydrogen-bond donors (Lipinski definition) is 1. The van der Waals surface area contributed by atoms with Crippen LogP contribution in [0.1, 0.15) is 27.2 Å². The van der Waals surface area contributed by atoms with Crippen LogP contribution in [0.25, 0.3) is 5.69 Å². The number of nitriles is 1. The third-order valence-corrected chi connectivity index (χ3v) is 4.17. The molecular weight excluding hydrogens is 506 g/mol. The molecule has 0 aliphatic heterocycles. The average Bonchev–Trinajstić information content (AvgIpc) is 3.01. The van der Waals surface area contributed by atoms with Crippen LogP contribution in [0.2, 0.25) is 0 Å². The molecule has 0 aliphatic carbocycles. The summed E-state index contributed by atoms with van der Waals surface area (Å²) in [5, 5.41) is 22.1. The quantitative estimate of drug-likeness (QED) is 0.189. The Morgan fingerprint density at radius 2 is 1.47 bits per heavy atom. The summed E-state index contributed by atoms with van der Waals surface area (Å²) in [6, 6.07) is 0.863. The molecule has 3 aromatic rings. The van der Waals surface area contributed by atoms with E-state index in [0.717, 1.165) is 13.0 Å². The molecule has 1 aromatic heterocycles. The fourth-order valence-corrected chi connectivity index (χ4v) is 2.71. The Bertz CT molecular complexity index is 1300. The number of benzene rings is 2. The van der Waals surface area contributed by atoms with Crippen molar-refractivity contribution in [2.45, 2.75) is 6.92 Å². The molecule has 0 fully saturated rings. The van der Waals surface area contributed by atoms with Gasteiger partial charge in [0.1, 0.15) is 22.9 Å². The summed E-state index contributed by atoms with van der Waals surface area (Å²) >= 11 is 0. The van der Waals surface area contributed by atoms with Gasteiger partial charge < -0.3 is 5.11 Å². The van der Waals surface area contributed by atoms with Gasteiger partial charge in [-0.15, -0.1) is 0 Å². The van der Waals surface area contributed by atoms with Gasteiger partial charge in [0.2, 0.25) is 11.7 Å². The third-order valence-electron chi connectivity index (χ3n) is 4.17. The molecule has 5 nitrogen and oxygen atoms in total. The van der Waals surface area contributed by atoms with E-state index < -0.39 is 86.3 Å². The van der Waals surface area contributed by atoms with Crippen LogP contribution in [-0.4, -0.2) is 20.7 Å². The van der Waals surface area contributed by atoms with Crippen molar-refractivity contribution in [1.29, 1.82) is 5.26 Å². The first-order valence-electron chi connectivity index (χ1n) is 7.86. The van der Waals surface area contributed by atoms with Crippen LogP contribution in [0.4, 0.5) is 35.1 Å². The van der Waals surface area contributed by atoms with Gasteiger partial charge in [-0.05, 0) is 13.0 Å². The number of ketones is 1. The molecule has 0 aliphatic rings. The van der Waals surface area contributed by atoms with Gasteiger partial charge in [-0.3, -0.25) is 4.79 Å². The van der Waals surface area contributed by atoms with Crippen LogP contribution in [0, 0.1) is 64.8 Å². The predicted molar refractivity (Wildman–Crippen MR) is 84.2 cm³/mol. The van der Waals surface area contributed by atoms with E-state index in [2.05, 4.69) is 5.10 Å². The molecule has 0 spiro atoms. The van der Waals surface area contributed by atoms with Gasteiger partial charge >= 0.3 is 0 Å². The number of aryl methyl sites for hydroxylation is 1. The number of rotatable bonds is 3. The number of hydrogen-bond acceptors (Lipinski definition) is 4. The molecule has 1 N–H and O–H groups in total. The van der Waals surface area contributed by atoms with Gasteiger partial charge in [0.15, 0.2) is 46.5 Å². The fourth-order valence-electron chi connectivity index (χ4n) is 2.71. The zero-order valence-corrected chi connectivity index (χ0v) is 16.0. The Labute approximate surface area is 183 Å². The van der Waals surface area contributed by atoms with Crippen molar-refractivity contribution >= 4 is 5.78 Å². The van der Waals surface area contributed by atoms with Gasteiger partial charge in [-0.2, -0.15) is 15.0 Å². The molecule has 0 saturated carbocycles. The summed E-state index contributed by atoms with van der Waals surface area (Å²) < 4.78 is 110. The van der Waals surface area contributed by atoms with E-state index in [0.29, 0.717) is 0 Å². The second-order valence-electron chi connectivity index (χ2n) is 5.96. The number of aromatic nitrogens is 2. The smallest absolute Gasteiger partial charge is 0.226 e. The first kappa shape index (κ1) is 24.8. The van der Waals surface area contributed by atoms with Crippen molar-refractivity contribution in [3.63, 3.8) is 0 Å². The first-order valence-corrected chi connectivity index (χ1v) is 7.86. The van der Waals surface area contributed by atoms with Crippen LogP contribution in [-0.2, 0) is 17.1 Å². The molecule has 1 heterocycles. The van der Waals surface area contributed by atoms with Crippen LogP contribution in [0.5, 0.6) is 5.88 Å². The average molecular weight is 511 g/mol. The zero-order valence-electron chi connectivity index (χ0n) is 15.1. The van der Waals surface area contributed by atoms with Crippen LogP contribution < -0.4 is 0 Å². The first-order chi connectivity index (χ1) is 14.4. The maximum absolute atomic E-state index is 14.2. The van der Waals surface area contributed by atoms with Gasteiger partial charge in [0, 0.05) is 17.1 Å². The van der Waals surface area contributed by atoms with Crippen LogP contribution in [0.3, 0.4) is 0 Å². The molecule has 171 valence electrons. The number of nitrogens with zero attached hydrogens (tertiary/aromatic N) is 3. The minimum absolute atomic E-state index is 0. The van der Waals surface area contributed by atoms with Crippen molar-refractivity contribution in [2.24, 2.45) is 0 Å². The number of carbonyl (C=O) groups is 1. The molecule has 14 heteroatoms. The van der Waals surface area contributed by atoms with E-state index in [-0.39, 0.29) is 27.8 Å². The van der Waals surface area contributed by atoms with E-state index in [4.69, 9.17) is 5.26 Å². The summed E-state index contributed by atoms with van der Waals surface area (Å²) in [5.74, 6) is -20.5. The predicted octanol–water partition coefficient (Wildman–Crippen LogP) is 4.10. The topological polar surface area (TPSA) is 78.9 Å². The van der Waals surface area contributed by atoms with Gasteiger partial charge in [-0.25, -0.2) is 35.1 Å². The van der Waals surface area contributed by atoms with Crippen LogP contribution in [0.15, 0.2) is 6.07 Å². The standard InChI is InChI=1S/C18H5F8N3O2.Cu/c1-4-8(17(30)5-2-7(19)12(23)13(24)9(5)20)18(31)29(28-4)16-14(25)10(21)6(3-27)11(22)15(16)26;/h2,31H,1H3;. The van der Waals surface area contributed by atoms with E-state index >= 15 is 0 Å². The van der Waals surface area contributed by atoms with Crippen LogP contribution >= 0.6 is 0 Å². The summed E-state index contributed by atoms with van der Waals surface area (Å²) in [5.41, 5.74) is -6.37. The van der Waals surface area contributed by atoms with E-state index in [1.54, 1.807) is 0 Å². The Morgan fingerprint density at radius 3 is 1.97 bits per heavy atom. The van der Waals surface area contributed by atoms with Crippen molar-refractivity contribution in [3.8, 4) is 17.6 Å². The van der Waals surface area contributed by atoms with E-state index in [1.807, 2.05) is 0 Å². The normalized spacial score (nSPS) is 10.6. The summed E-state index contributed by atoms with van der Waals surface area (Å²) in [6.45, 7) is 0.920. The SMILES string of the molecule is Cc1nn(-c2c(F)c(F)c(C#N)c(F)c2F)c(O)c1C(=O)c1cc(F)c(F)c(F)c1F.[Cu]. The minimum atomic E-state index is -2.35.